The molecule has 10 heteroatoms. The van der Waals surface area contributed by atoms with Crippen molar-refractivity contribution in [1.82, 2.24) is 4.57 Å². The van der Waals surface area contributed by atoms with Crippen molar-refractivity contribution in [2.24, 2.45) is 0 Å². The molecule has 2 heterocycles. The third-order valence-electron chi connectivity index (χ3n) is 8.48. The molecule has 0 aliphatic carbocycles. The number of aliphatic hydroxyl groups is 1. The monoisotopic (exact) mass is 675 g/mol. The van der Waals surface area contributed by atoms with Crippen LogP contribution in [0.3, 0.4) is 0 Å². The van der Waals surface area contributed by atoms with Gasteiger partial charge in [0, 0.05) is 47.6 Å². The van der Waals surface area contributed by atoms with E-state index in [0.717, 1.165) is 52.0 Å². The van der Waals surface area contributed by atoms with Crippen molar-refractivity contribution in [3.8, 4) is 22.6 Å². The molecule has 0 saturated carbocycles. The highest BCUT2D eigenvalue weighted by Gasteiger charge is 2.20. The number of hydrogen-bond donors (Lipinski definition) is 1. The number of pyridine rings is 1. The molecule has 0 spiro atoms. The molecule has 1 N–H and O–H groups in total. The summed E-state index contributed by atoms with van der Waals surface area (Å²) in [6.07, 6.45) is 1.09. The Morgan fingerprint density at radius 3 is 1.92 bits per heavy atom. The van der Waals surface area contributed by atoms with Gasteiger partial charge in [-0.2, -0.15) is 0 Å². The molecule has 2 aromatic heterocycles. The van der Waals surface area contributed by atoms with E-state index in [4.69, 9.17) is 28.5 Å². The third-order valence-corrected chi connectivity index (χ3v) is 8.48. The van der Waals surface area contributed by atoms with Gasteiger partial charge in [-0.1, -0.05) is 36.4 Å². The van der Waals surface area contributed by atoms with Gasteiger partial charge in [-0.15, -0.1) is 0 Å². The van der Waals surface area contributed by atoms with Gasteiger partial charge in [0.25, 0.3) is 11.1 Å². The van der Waals surface area contributed by atoms with Gasteiger partial charge in [0.15, 0.2) is 0 Å². The van der Waals surface area contributed by atoms with Crippen molar-refractivity contribution in [2.75, 3.05) is 53.9 Å². The Morgan fingerprint density at radius 2 is 1.24 bits per heavy atom. The minimum atomic E-state index is -0.403. The van der Waals surface area contributed by atoms with Gasteiger partial charge in [0.05, 0.1) is 38.7 Å². The highest BCUT2D eigenvalue weighted by Crippen LogP contribution is 2.38. The SMILES string of the molecule is CO.COCCOCCOCCOc1ccc(-c2ccc3oc4ccc5c(=O)n(-c6ccc(CC=O)cc6)c(=O)c6ccc(c3c2)c4c56)cc1. The minimum absolute atomic E-state index is 0.266. The molecular formula is C40H37NO9. The summed E-state index contributed by atoms with van der Waals surface area (Å²) in [5, 5.41) is 11.0. The van der Waals surface area contributed by atoms with Crippen molar-refractivity contribution >= 4 is 49.8 Å². The molecule has 7 aromatic rings. The maximum absolute atomic E-state index is 13.8. The summed E-state index contributed by atoms with van der Waals surface area (Å²) in [6.45, 7) is 3.02. The molecule has 0 saturated heterocycles. The van der Waals surface area contributed by atoms with Crippen LogP contribution in [0.4, 0.5) is 0 Å². The number of nitrogens with zero attached hydrogens (tertiary/aromatic N) is 1. The second kappa shape index (κ2) is 15.9. The second-order valence-corrected chi connectivity index (χ2v) is 11.4. The largest absolute Gasteiger partial charge is 0.491 e. The van der Waals surface area contributed by atoms with Gasteiger partial charge in [0.1, 0.15) is 29.8 Å². The number of hydrogen-bond acceptors (Lipinski definition) is 9. The average molecular weight is 676 g/mol. The Kier molecular flexibility index (Phi) is 10.9. The number of aldehydes is 1. The molecule has 0 aliphatic rings. The zero-order valence-electron chi connectivity index (χ0n) is 27.8. The van der Waals surface area contributed by atoms with Crippen LogP contribution in [0, 0.1) is 0 Å². The maximum Gasteiger partial charge on any atom is 0.265 e. The van der Waals surface area contributed by atoms with Crippen molar-refractivity contribution < 1.29 is 33.3 Å². The molecule has 0 unspecified atom stereocenters. The summed E-state index contributed by atoms with van der Waals surface area (Å²) in [5.74, 6) is 0.744. The fourth-order valence-corrected chi connectivity index (χ4v) is 6.13. The van der Waals surface area contributed by atoms with Crippen LogP contribution in [0.15, 0.2) is 105 Å². The molecule has 0 fully saturated rings. The number of methoxy groups -OCH3 is 1. The first-order valence-electron chi connectivity index (χ1n) is 16.2. The maximum atomic E-state index is 13.8. The average Bonchev–Trinajstić information content (AvgIpc) is 3.15. The summed E-state index contributed by atoms with van der Waals surface area (Å²) in [6, 6.07) is 28.0. The van der Waals surface area contributed by atoms with Gasteiger partial charge in [-0.25, -0.2) is 4.57 Å². The van der Waals surface area contributed by atoms with E-state index in [1.54, 1.807) is 49.6 Å². The van der Waals surface area contributed by atoms with Crippen LogP contribution in [0.1, 0.15) is 5.56 Å². The van der Waals surface area contributed by atoms with Gasteiger partial charge in [-0.05, 0) is 76.7 Å². The van der Waals surface area contributed by atoms with Crippen LogP contribution in [0.2, 0.25) is 0 Å². The summed E-state index contributed by atoms with van der Waals surface area (Å²) < 4.78 is 29.3. The van der Waals surface area contributed by atoms with Crippen LogP contribution in [-0.4, -0.2) is 69.8 Å². The number of ether oxygens (including phenoxy) is 4. The van der Waals surface area contributed by atoms with E-state index in [0.29, 0.717) is 72.7 Å². The van der Waals surface area contributed by atoms with E-state index in [1.807, 2.05) is 42.5 Å². The number of fused-ring (bicyclic) bond motifs is 2. The van der Waals surface area contributed by atoms with Crippen molar-refractivity contribution in [2.45, 2.75) is 6.42 Å². The molecule has 7 rings (SSSR count). The van der Waals surface area contributed by atoms with E-state index >= 15 is 0 Å². The van der Waals surface area contributed by atoms with E-state index in [2.05, 4.69) is 6.07 Å². The summed E-state index contributed by atoms with van der Waals surface area (Å²) in [7, 11) is 2.64. The molecule has 10 nitrogen and oxygen atoms in total. The first kappa shape index (κ1) is 34.5. The smallest absolute Gasteiger partial charge is 0.265 e. The molecule has 5 aromatic carbocycles. The highest BCUT2D eigenvalue weighted by molar-refractivity contribution is 6.26. The number of aromatic nitrogens is 1. The van der Waals surface area contributed by atoms with Gasteiger partial charge >= 0.3 is 0 Å². The van der Waals surface area contributed by atoms with Crippen molar-refractivity contribution in [3.05, 3.63) is 117 Å². The predicted molar refractivity (Wildman–Crippen MR) is 194 cm³/mol. The Hall–Kier alpha value is -5.39. The topological polar surface area (TPSA) is 126 Å². The van der Waals surface area contributed by atoms with Crippen molar-refractivity contribution in [3.63, 3.8) is 0 Å². The first-order chi connectivity index (χ1) is 24.6. The Balaban J connectivity index is 0.00000212. The second-order valence-electron chi connectivity index (χ2n) is 11.4. The summed E-state index contributed by atoms with van der Waals surface area (Å²) >= 11 is 0. The zero-order chi connectivity index (χ0) is 35.0. The summed E-state index contributed by atoms with van der Waals surface area (Å²) in [4.78, 5) is 38.5. The first-order valence-corrected chi connectivity index (χ1v) is 16.2. The number of carbonyl (C=O) groups excluding carboxylic acids is 1. The van der Waals surface area contributed by atoms with Gasteiger partial charge in [0.2, 0.25) is 0 Å². The highest BCUT2D eigenvalue weighted by atomic mass is 16.6. The summed E-state index contributed by atoms with van der Waals surface area (Å²) in [5.41, 5.74) is 3.74. The zero-order valence-corrected chi connectivity index (χ0v) is 27.8. The number of aliphatic hydroxyl groups excluding tert-OH is 1. The van der Waals surface area contributed by atoms with E-state index in [9.17, 15) is 14.4 Å². The lowest BCUT2D eigenvalue weighted by atomic mass is 9.95. The lowest BCUT2D eigenvalue weighted by molar-refractivity contribution is -0.107. The molecule has 0 aliphatic heterocycles. The van der Waals surface area contributed by atoms with Crippen LogP contribution in [0.5, 0.6) is 5.75 Å². The fraction of sp³-hybridized carbons (Fsp3) is 0.225. The quantitative estimate of drug-likeness (QED) is 0.0648. The molecule has 50 heavy (non-hydrogen) atoms. The van der Waals surface area contributed by atoms with Crippen LogP contribution in [-0.2, 0) is 25.4 Å². The molecule has 0 radical (unpaired) electrons. The fourth-order valence-electron chi connectivity index (χ4n) is 6.13. The third kappa shape index (κ3) is 6.87. The van der Waals surface area contributed by atoms with Gasteiger partial charge < -0.3 is 33.3 Å². The van der Waals surface area contributed by atoms with Crippen molar-refractivity contribution in [1.29, 1.82) is 0 Å². The number of carbonyl (C=O) groups is 1. The van der Waals surface area contributed by atoms with Crippen LogP contribution in [0.25, 0.3) is 60.3 Å². The van der Waals surface area contributed by atoms with E-state index in [1.165, 1.54) is 4.57 Å². The van der Waals surface area contributed by atoms with Crippen LogP contribution >= 0.6 is 0 Å². The van der Waals surface area contributed by atoms with Gasteiger partial charge in [-0.3, -0.25) is 9.59 Å². The Morgan fingerprint density at radius 1 is 0.640 bits per heavy atom. The van der Waals surface area contributed by atoms with E-state index < -0.39 is 11.1 Å². The minimum Gasteiger partial charge on any atom is -0.491 e. The lowest BCUT2D eigenvalue weighted by Gasteiger charge is -2.14. The van der Waals surface area contributed by atoms with E-state index in [-0.39, 0.29) is 6.42 Å². The van der Waals surface area contributed by atoms with Crippen LogP contribution < -0.4 is 15.9 Å². The number of benzene rings is 5. The molecule has 0 bridgehead atoms. The molecule has 256 valence electrons. The Labute approximate surface area is 287 Å². The normalized spacial score (nSPS) is 11.3. The molecular weight excluding hydrogens is 638 g/mol. The molecule has 0 amide bonds. The Bertz CT molecular complexity index is 2310. The number of rotatable bonds is 14. The predicted octanol–water partition coefficient (Wildman–Crippen LogP) is 5.92. The standard InChI is InChI=1S/C39H33NO8.CH4O/c1-44-18-19-45-20-21-46-22-23-47-29-9-4-26(5-10-29)27-6-14-34-33(24-27)30-11-12-31-36-32(13-15-35(48-34)37(30)36)39(43)40(38(31)42)28-7-2-25(3-8-28)16-17-41;1-2/h2-15,17,24H,16,18-23H2,1H3;2H,1H3. The lowest BCUT2D eigenvalue weighted by Crippen LogP contribution is -2.31. The molecule has 0 atom stereocenters.